The molecule has 1 aromatic heterocycles. The van der Waals surface area contributed by atoms with Crippen LogP contribution in [-0.2, 0) is 0 Å². The number of nitrogens with two attached hydrogens (primary N) is 1. The van der Waals surface area contributed by atoms with Gasteiger partial charge in [0.15, 0.2) is 0 Å². The summed E-state index contributed by atoms with van der Waals surface area (Å²) in [6.45, 7) is 10.9. The van der Waals surface area contributed by atoms with E-state index in [1.54, 1.807) is 0 Å². The molecule has 0 saturated carbocycles. The average molecular weight is 234 g/mol. The molecule has 1 aliphatic rings. The van der Waals surface area contributed by atoms with Crippen LogP contribution >= 0.6 is 0 Å². The summed E-state index contributed by atoms with van der Waals surface area (Å²) in [6, 6.07) is 4.61. The van der Waals surface area contributed by atoms with Gasteiger partial charge in [-0.3, -0.25) is 4.90 Å². The largest absolute Gasteiger partial charge is 0.384 e. The van der Waals surface area contributed by atoms with Crippen LogP contribution in [0, 0.1) is 6.92 Å². The van der Waals surface area contributed by atoms with E-state index in [-0.39, 0.29) is 0 Å². The number of anilines is 2. The minimum absolute atomic E-state index is 0.604. The van der Waals surface area contributed by atoms with Crippen molar-refractivity contribution >= 4 is 11.5 Å². The van der Waals surface area contributed by atoms with Crippen molar-refractivity contribution in [1.29, 1.82) is 0 Å². The third kappa shape index (κ3) is 2.69. The highest BCUT2D eigenvalue weighted by Crippen LogP contribution is 2.21. The molecule has 1 aliphatic heterocycles. The molecule has 1 saturated heterocycles. The van der Waals surface area contributed by atoms with Gasteiger partial charge in [-0.25, -0.2) is 4.98 Å². The predicted octanol–water partition coefficient (Wildman–Crippen LogP) is 1.50. The number of hydrogen-bond acceptors (Lipinski definition) is 4. The maximum Gasteiger partial charge on any atom is 0.123 e. The van der Waals surface area contributed by atoms with Crippen molar-refractivity contribution in [3.05, 3.63) is 17.8 Å². The van der Waals surface area contributed by atoms with E-state index in [4.69, 9.17) is 5.73 Å². The van der Waals surface area contributed by atoms with E-state index in [9.17, 15) is 0 Å². The third-order valence-corrected chi connectivity index (χ3v) is 3.46. The van der Waals surface area contributed by atoms with Crippen LogP contribution in [0.4, 0.5) is 11.5 Å². The first-order chi connectivity index (χ1) is 8.08. The van der Waals surface area contributed by atoms with Crippen LogP contribution in [0.25, 0.3) is 0 Å². The Balaban J connectivity index is 2.05. The van der Waals surface area contributed by atoms with Crippen LogP contribution in [0.1, 0.15) is 19.5 Å². The molecule has 2 heterocycles. The lowest BCUT2D eigenvalue weighted by Gasteiger charge is -2.38. The molecular weight excluding hydrogens is 212 g/mol. The number of aryl methyl sites for hydroxylation is 1. The summed E-state index contributed by atoms with van der Waals surface area (Å²) in [6.07, 6.45) is 0. The highest BCUT2D eigenvalue weighted by molar-refractivity contribution is 5.53. The van der Waals surface area contributed by atoms with Crippen molar-refractivity contribution in [3.63, 3.8) is 0 Å². The number of hydrogen-bond donors (Lipinski definition) is 1. The van der Waals surface area contributed by atoms with E-state index < -0.39 is 0 Å². The fraction of sp³-hybridized carbons (Fsp3) is 0.615. The molecule has 0 amide bonds. The Morgan fingerprint density at radius 3 is 2.35 bits per heavy atom. The number of piperazine rings is 1. The predicted molar refractivity (Wildman–Crippen MR) is 72.3 cm³/mol. The first-order valence-corrected chi connectivity index (χ1v) is 6.30. The number of nitrogen functional groups attached to an aromatic ring is 1. The highest BCUT2D eigenvalue weighted by atomic mass is 15.3. The van der Waals surface area contributed by atoms with Crippen molar-refractivity contribution in [2.45, 2.75) is 26.8 Å². The van der Waals surface area contributed by atoms with E-state index in [1.807, 2.05) is 13.0 Å². The second-order valence-corrected chi connectivity index (χ2v) is 4.96. The smallest absolute Gasteiger partial charge is 0.123 e. The molecule has 94 valence electrons. The van der Waals surface area contributed by atoms with Crippen LogP contribution in [0.15, 0.2) is 12.1 Å². The van der Waals surface area contributed by atoms with Crippen molar-refractivity contribution < 1.29 is 0 Å². The van der Waals surface area contributed by atoms with E-state index in [0.29, 0.717) is 11.9 Å². The lowest BCUT2D eigenvalue weighted by molar-refractivity contribution is 0.209. The Morgan fingerprint density at radius 2 is 1.82 bits per heavy atom. The molecule has 2 rings (SSSR count). The van der Waals surface area contributed by atoms with Gasteiger partial charge in [-0.05, 0) is 32.9 Å². The zero-order valence-corrected chi connectivity index (χ0v) is 11.0. The molecule has 0 aliphatic carbocycles. The van der Waals surface area contributed by atoms with Crippen molar-refractivity contribution in [1.82, 2.24) is 9.88 Å². The van der Waals surface area contributed by atoms with Crippen molar-refractivity contribution in [2.75, 3.05) is 36.8 Å². The maximum atomic E-state index is 5.68. The Labute approximate surface area is 103 Å². The Morgan fingerprint density at radius 1 is 1.18 bits per heavy atom. The lowest BCUT2D eigenvalue weighted by atomic mass is 10.2. The standard InChI is InChI=1S/C13H22N4/c1-10(2)16-6-8-17(9-7-16)12-4-5-13(14)15-11(12)3/h4-5,10H,6-9H2,1-3H3,(H2,14,15). The first-order valence-electron chi connectivity index (χ1n) is 6.30. The van der Waals surface area contributed by atoms with Gasteiger partial charge in [0, 0.05) is 32.2 Å². The highest BCUT2D eigenvalue weighted by Gasteiger charge is 2.20. The van der Waals surface area contributed by atoms with E-state index >= 15 is 0 Å². The van der Waals surface area contributed by atoms with Crippen LogP contribution in [0.2, 0.25) is 0 Å². The average Bonchev–Trinajstić information content (AvgIpc) is 2.29. The van der Waals surface area contributed by atoms with Crippen LogP contribution in [-0.4, -0.2) is 42.1 Å². The summed E-state index contributed by atoms with van der Waals surface area (Å²) in [7, 11) is 0. The van der Waals surface area contributed by atoms with Crippen LogP contribution < -0.4 is 10.6 Å². The molecule has 0 aromatic carbocycles. The zero-order chi connectivity index (χ0) is 12.4. The van der Waals surface area contributed by atoms with Gasteiger partial charge in [-0.2, -0.15) is 0 Å². The quantitative estimate of drug-likeness (QED) is 0.842. The normalized spacial score (nSPS) is 17.8. The zero-order valence-electron chi connectivity index (χ0n) is 11.0. The summed E-state index contributed by atoms with van der Waals surface area (Å²) in [5.41, 5.74) is 7.94. The van der Waals surface area contributed by atoms with E-state index in [2.05, 4.69) is 34.7 Å². The number of pyridine rings is 1. The molecule has 4 nitrogen and oxygen atoms in total. The van der Waals surface area contributed by atoms with Gasteiger partial charge >= 0.3 is 0 Å². The summed E-state index contributed by atoms with van der Waals surface area (Å²) < 4.78 is 0. The van der Waals surface area contributed by atoms with Crippen molar-refractivity contribution in [3.8, 4) is 0 Å². The molecular formula is C13H22N4. The number of aromatic nitrogens is 1. The Bertz CT molecular complexity index is 381. The van der Waals surface area contributed by atoms with Crippen LogP contribution in [0.3, 0.4) is 0 Å². The minimum Gasteiger partial charge on any atom is -0.384 e. The Hall–Kier alpha value is -1.29. The third-order valence-electron chi connectivity index (χ3n) is 3.46. The molecule has 4 heteroatoms. The van der Waals surface area contributed by atoms with Gasteiger partial charge in [0.25, 0.3) is 0 Å². The molecule has 1 aromatic rings. The fourth-order valence-corrected chi connectivity index (χ4v) is 2.39. The van der Waals surface area contributed by atoms with E-state index in [0.717, 1.165) is 31.9 Å². The molecule has 17 heavy (non-hydrogen) atoms. The summed E-state index contributed by atoms with van der Waals surface area (Å²) >= 11 is 0. The summed E-state index contributed by atoms with van der Waals surface area (Å²) in [4.78, 5) is 9.24. The van der Waals surface area contributed by atoms with E-state index in [1.165, 1.54) is 5.69 Å². The molecule has 0 bridgehead atoms. The first kappa shape index (κ1) is 12.2. The second-order valence-electron chi connectivity index (χ2n) is 4.96. The summed E-state index contributed by atoms with van der Waals surface area (Å²) in [5, 5.41) is 0. The molecule has 0 unspecified atom stereocenters. The molecule has 0 radical (unpaired) electrons. The monoisotopic (exact) mass is 234 g/mol. The van der Waals surface area contributed by atoms with Gasteiger partial charge in [0.1, 0.15) is 5.82 Å². The second kappa shape index (κ2) is 4.92. The van der Waals surface area contributed by atoms with Crippen LogP contribution in [0.5, 0.6) is 0 Å². The van der Waals surface area contributed by atoms with Gasteiger partial charge in [0.05, 0.1) is 11.4 Å². The Kier molecular flexibility index (Phi) is 3.52. The molecule has 1 fully saturated rings. The van der Waals surface area contributed by atoms with Gasteiger partial charge in [-0.1, -0.05) is 0 Å². The topological polar surface area (TPSA) is 45.4 Å². The molecule has 2 N–H and O–H groups in total. The number of nitrogens with zero attached hydrogens (tertiary/aromatic N) is 3. The fourth-order valence-electron chi connectivity index (χ4n) is 2.39. The van der Waals surface area contributed by atoms with Gasteiger partial charge < -0.3 is 10.6 Å². The minimum atomic E-state index is 0.604. The lowest BCUT2D eigenvalue weighted by Crippen LogP contribution is -2.49. The number of rotatable bonds is 2. The molecule has 0 atom stereocenters. The maximum absolute atomic E-state index is 5.68. The SMILES string of the molecule is Cc1nc(N)ccc1N1CCN(C(C)C)CC1. The van der Waals surface area contributed by atoms with Crippen molar-refractivity contribution in [2.24, 2.45) is 0 Å². The van der Waals surface area contributed by atoms with Gasteiger partial charge in [0.2, 0.25) is 0 Å². The molecule has 0 spiro atoms. The van der Waals surface area contributed by atoms with Gasteiger partial charge in [-0.15, -0.1) is 0 Å². The summed E-state index contributed by atoms with van der Waals surface area (Å²) in [5.74, 6) is 0.604.